The van der Waals surface area contributed by atoms with Crippen molar-refractivity contribution in [2.75, 3.05) is 11.5 Å². The summed E-state index contributed by atoms with van der Waals surface area (Å²) in [6.45, 7) is 7.52. The van der Waals surface area contributed by atoms with Crippen molar-refractivity contribution in [3.05, 3.63) is 24.3 Å². The second kappa shape index (κ2) is 16.1. The average Bonchev–Trinajstić information content (AvgIpc) is 2.90. The molecule has 0 saturated carbocycles. The van der Waals surface area contributed by atoms with Crippen LogP contribution in [0, 0.1) is 0 Å². The summed E-state index contributed by atoms with van der Waals surface area (Å²) in [6.07, 6.45) is -44.2. The Morgan fingerprint density at radius 3 is 0.980 bits per heavy atom. The number of hydrogen-bond acceptors (Lipinski definition) is 8. The standard InChI is InChI=1S/C22H18F20O6S2/c1-7(2)11(43)45-9(5-49-15(25,26)13(23)47-21(39,40)17(29,30)19(33,34)35)10(46-12(44)8(3)4)6-50-16(27,28)14(24)48-22(41,42)18(31,32)20(36,37)38/h9-10,13-14H,1,3,5-6H2,2,4H3. The van der Waals surface area contributed by atoms with Crippen molar-refractivity contribution >= 4 is 35.5 Å². The van der Waals surface area contributed by atoms with E-state index in [1.165, 1.54) is 0 Å². The van der Waals surface area contributed by atoms with Gasteiger partial charge in [0.05, 0.1) is 0 Å². The molecule has 0 heterocycles. The molecule has 4 atom stereocenters. The Hall–Kier alpha value is -2.36. The monoisotopic (exact) mass is 822 g/mol. The van der Waals surface area contributed by atoms with Crippen LogP contribution >= 0.6 is 23.5 Å². The molecule has 0 aromatic rings. The maximum atomic E-state index is 14.3. The fraction of sp³-hybridized carbons (Fsp3) is 0.727. The van der Waals surface area contributed by atoms with E-state index in [1.54, 1.807) is 0 Å². The first-order valence-corrected chi connectivity index (χ1v) is 13.9. The van der Waals surface area contributed by atoms with Crippen LogP contribution in [0.3, 0.4) is 0 Å². The first kappa shape index (κ1) is 47.6. The number of ether oxygens (including phenoxy) is 4. The zero-order valence-electron chi connectivity index (χ0n) is 24.0. The molecule has 0 bridgehead atoms. The molecule has 28 heteroatoms. The van der Waals surface area contributed by atoms with Gasteiger partial charge in [0.15, 0.2) is 0 Å². The Labute approximate surface area is 273 Å². The van der Waals surface area contributed by atoms with Gasteiger partial charge in [-0.05, 0) is 13.8 Å². The van der Waals surface area contributed by atoms with E-state index >= 15 is 0 Å². The largest absolute Gasteiger partial charge is 0.462 e. The third-order valence-corrected chi connectivity index (χ3v) is 7.11. The third-order valence-electron chi connectivity index (χ3n) is 4.98. The van der Waals surface area contributed by atoms with Gasteiger partial charge in [0.25, 0.3) is 12.7 Å². The molecule has 0 amide bonds. The maximum absolute atomic E-state index is 14.3. The lowest BCUT2D eigenvalue weighted by Crippen LogP contribution is -2.55. The minimum atomic E-state index is -7.28. The first-order chi connectivity index (χ1) is 21.9. The summed E-state index contributed by atoms with van der Waals surface area (Å²) in [4.78, 5) is 24.0. The van der Waals surface area contributed by atoms with Crippen LogP contribution in [0.15, 0.2) is 24.3 Å². The Morgan fingerprint density at radius 2 is 0.780 bits per heavy atom. The lowest BCUT2D eigenvalue weighted by atomic mass is 10.2. The number of halogens is 20. The molecule has 0 aromatic heterocycles. The van der Waals surface area contributed by atoms with Crippen LogP contribution in [-0.4, -0.2) is 95.3 Å². The molecule has 0 N–H and O–H groups in total. The summed E-state index contributed by atoms with van der Waals surface area (Å²) in [5.41, 5.74) is -1.44. The highest BCUT2D eigenvalue weighted by Gasteiger charge is 2.77. The molecule has 0 aromatic carbocycles. The molecule has 0 aliphatic heterocycles. The van der Waals surface area contributed by atoms with E-state index in [2.05, 4.69) is 32.1 Å². The van der Waals surface area contributed by atoms with Crippen molar-refractivity contribution in [1.29, 1.82) is 0 Å². The van der Waals surface area contributed by atoms with Crippen molar-refractivity contribution in [3.63, 3.8) is 0 Å². The lowest BCUT2D eigenvalue weighted by Gasteiger charge is -2.32. The van der Waals surface area contributed by atoms with Gasteiger partial charge in [-0.3, -0.25) is 9.47 Å². The number of carbonyl (C=O) groups excluding carboxylic acids is 2. The van der Waals surface area contributed by atoms with E-state index < -0.39 is 130 Å². The fourth-order valence-corrected chi connectivity index (χ4v) is 4.00. The van der Waals surface area contributed by atoms with Gasteiger partial charge in [-0.1, -0.05) is 36.7 Å². The molecular weight excluding hydrogens is 804 g/mol. The molecule has 0 aliphatic rings. The molecule has 0 spiro atoms. The predicted molar refractivity (Wildman–Crippen MR) is 128 cm³/mol. The lowest BCUT2D eigenvalue weighted by molar-refractivity contribution is -0.446. The van der Waals surface area contributed by atoms with E-state index in [0.717, 1.165) is 13.8 Å². The molecule has 4 unspecified atom stereocenters. The van der Waals surface area contributed by atoms with Crippen molar-refractivity contribution in [2.45, 2.75) is 85.7 Å². The van der Waals surface area contributed by atoms with Gasteiger partial charge in [-0.15, -0.1) is 0 Å². The summed E-state index contributed by atoms with van der Waals surface area (Å²) in [5.74, 6) is -21.9. The van der Waals surface area contributed by atoms with Gasteiger partial charge < -0.3 is 9.47 Å². The van der Waals surface area contributed by atoms with E-state index in [0.29, 0.717) is 0 Å². The van der Waals surface area contributed by atoms with Crippen molar-refractivity contribution < 1.29 is 116 Å². The normalized spacial score (nSPS) is 16.7. The van der Waals surface area contributed by atoms with Gasteiger partial charge in [0.2, 0.25) is 0 Å². The third kappa shape index (κ3) is 11.8. The molecule has 50 heavy (non-hydrogen) atoms. The van der Waals surface area contributed by atoms with Crippen LogP contribution in [0.5, 0.6) is 0 Å². The topological polar surface area (TPSA) is 71.1 Å². The van der Waals surface area contributed by atoms with Crippen LogP contribution in [0.4, 0.5) is 87.8 Å². The molecule has 0 saturated heterocycles. The van der Waals surface area contributed by atoms with Gasteiger partial charge in [-0.25, -0.2) is 18.4 Å². The summed E-state index contributed by atoms with van der Waals surface area (Å²) in [6, 6.07) is 0. The highest BCUT2D eigenvalue weighted by atomic mass is 32.2. The van der Waals surface area contributed by atoms with Crippen molar-refractivity contribution in [1.82, 2.24) is 0 Å². The van der Waals surface area contributed by atoms with Crippen LogP contribution in [0.2, 0.25) is 0 Å². The fourth-order valence-electron chi connectivity index (χ4n) is 2.30. The Kier molecular flexibility index (Phi) is 15.4. The van der Waals surface area contributed by atoms with Crippen LogP contribution in [0.1, 0.15) is 13.8 Å². The average molecular weight is 822 g/mol. The number of thioether (sulfide) groups is 2. The van der Waals surface area contributed by atoms with E-state index in [-0.39, 0.29) is 0 Å². The van der Waals surface area contributed by atoms with Crippen LogP contribution in [-0.2, 0) is 28.5 Å². The SMILES string of the molecule is C=C(C)C(=O)OC(CSC(F)(F)C(F)OC(F)(F)C(F)(F)C(F)(F)F)C(CSC(F)(F)C(F)OC(F)(F)C(F)(F)C(F)(F)F)OC(=O)C(=C)C. The molecule has 0 aliphatic carbocycles. The highest BCUT2D eigenvalue weighted by Crippen LogP contribution is 2.51. The minimum Gasteiger partial charge on any atom is -0.454 e. The van der Waals surface area contributed by atoms with Gasteiger partial charge in [-0.2, -0.15) is 79.0 Å². The highest BCUT2D eigenvalue weighted by molar-refractivity contribution is 8.00. The number of rotatable bonds is 19. The van der Waals surface area contributed by atoms with E-state index in [9.17, 15) is 97.4 Å². The number of carbonyl (C=O) groups is 2. The smallest absolute Gasteiger partial charge is 0.454 e. The van der Waals surface area contributed by atoms with Gasteiger partial charge in [0.1, 0.15) is 12.2 Å². The Morgan fingerprint density at radius 1 is 0.540 bits per heavy atom. The molecular formula is C22H18F20O6S2. The predicted octanol–water partition coefficient (Wildman–Crippen LogP) is 8.82. The molecule has 0 radical (unpaired) electrons. The van der Waals surface area contributed by atoms with Crippen molar-refractivity contribution in [3.8, 4) is 0 Å². The van der Waals surface area contributed by atoms with E-state index in [1.807, 2.05) is 0 Å². The zero-order chi connectivity index (χ0) is 40.3. The van der Waals surface area contributed by atoms with Crippen LogP contribution < -0.4 is 0 Å². The Bertz CT molecular complexity index is 1130. The van der Waals surface area contributed by atoms with Crippen LogP contribution in [0.25, 0.3) is 0 Å². The number of hydrogen-bond donors (Lipinski definition) is 0. The molecule has 0 rings (SSSR count). The van der Waals surface area contributed by atoms with Gasteiger partial charge in [0, 0.05) is 22.7 Å². The summed E-state index contributed by atoms with van der Waals surface area (Å²) in [5, 5.41) is -11.3. The van der Waals surface area contributed by atoms with Gasteiger partial charge >= 0.3 is 58.9 Å². The summed E-state index contributed by atoms with van der Waals surface area (Å²) < 4.78 is 277. The first-order valence-electron chi connectivity index (χ1n) is 11.9. The maximum Gasteiger partial charge on any atom is 0.462 e. The number of esters is 2. The summed E-state index contributed by atoms with van der Waals surface area (Å²) >= 11 is -2.95. The van der Waals surface area contributed by atoms with Crippen molar-refractivity contribution in [2.24, 2.45) is 0 Å². The Balaban J connectivity index is 6.46. The summed E-state index contributed by atoms with van der Waals surface area (Å²) in [7, 11) is 0. The van der Waals surface area contributed by atoms with E-state index in [4.69, 9.17) is 0 Å². The molecule has 294 valence electrons. The number of alkyl halides is 20. The zero-order valence-corrected chi connectivity index (χ0v) is 25.6. The second-order valence-electron chi connectivity index (χ2n) is 9.24. The molecule has 0 fully saturated rings. The second-order valence-corrected chi connectivity index (χ2v) is 11.6. The quantitative estimate of drug-likeness (QED) is 0.0728. The minimum absolute atomic E-state index is 0.722. The molecule has 6 nitrogen and oxygen atoms in total.